The first-order chi connectivity index (χ1) is 3.43. The van der Waals surface area contributed by atoms with Crippen molar-refractivity contribution in [2.45, 2.75) is 6.55 Å². The van der Waals surface area contributed by atoms with Crippen LogP contribution in [0.15, 0.2) is 12.4 Å². The Morgan fingerprint density at radius 2 is 2.57 bits per heavy atom. The minimum Gasteiger partial charge on any atom is -0.289 e. The predicted molar refractivity (Wildman–Crippen MR) is 29.8 cm³/mol. The van der Waals surface area contributed by atoms with Crippen molar-refractivity contribution in [1.82, 2.24) is 14.7 Å². The summed E-state index contributed by atoms with van der Waals surface area (Å²) < 4.78 is 1.90. The number of nitrogens with zero attached hydrogens (tertiary/aromatic N) is 3. The molecule has 0 aliphatic carbocycles. The Morgan fingerprint density at radius 3 is 2.86 bits per heavy atom. The Bertz CT molecular complexity index is 125. The summed E-state index contributed by atoms with van der Waals surface area (Å²) in [7, 11) is -0.123. The van der Waals surface area contributed by atoms with Gasteiger partial charge in [0, 0.05) is 6.20 Å². The van der Waals surface area contributed by atoms with E-state index in [2.05, 4.69) is 16.9 Å². The molecule has 1 aromatic rings. The summed E-state index contributed by atoms with van der Waals surface area (Å²) in [5.74, 6) is 0. The van der Waals surface area contributed by atoms with Crippen LogP contribution in [0.2, 0.25) is 6.55 Å². The lowest BCUT2D eigenvalue weighted by Crippen LogP contribution is -2.00. The molecule has 0 bridgehead atoms. The molecule has 1 heterocycles. The maximum absolute atomic E-state index is 3.76. The Hall–Kier alpha value is -0.643. The first-order valence-electron chi connectivity index (χ1n) is 2.27. The molecule has 1 aromatic heterocycles. The third kappa shape index (κ3) is 0.864. The van der Waals surface area contributed by atoms with E-state index in [0.717, 1.165) is 0 Å². The fraction of sp³-hybridized carbons (Fsp3) is 0.333. The zero-order valence-electron chi connectivity index (χ0n) is 4.20. The molecule has 0 saturated carbocycles. The van der Waals surface area contributed by atoms with Crippen LogP contribution >= 0.6 is 0 Å². The molecule has 0 atom stereocenters. The summed E-state index contributed by atoms with van der Waals surface area (Å²) in [6, 6.07) is 0. The van der Waals surface area contributed by atoms with Crippen molar-refractivity contribution in [2.75, 3.05) is 0 Å². The molecule has 0 aliphatic heterocycles. The molecule has 0 spiro atoms. The van der Waals surface area contributed by atoms with Crippen LogP contribution in [0.4, 0.5) is 0 Å². The fourth-order valence-electron chi connectivity index (χ4n) is 0.401. The Morgan fingerprint density at radius 1 is 1.71 bits per heavy atom. The van der Waals surface area contributed by atoms with Gasteiger partial charge in [-0.15, -0.1) is 5.10 Å². The summed E-state index contributed by atoms with van der Waals surface area (Å²) in [5.41, 5.74) is 0. The third-order valence-corrected chi connectivity index (χ3v) is 1.78. The molecular formula is C3H7N3Si. The van der Waals surface area contributed by atoms with Crippen molar-refractivity contribution < 1.29 is 0 Å². The smallest absolute Gasteiger partial charge is 0.153 e. The van der Waals surface area contributed by atoms with Crippen LogP contribution < -0.4 is 0 Å². The number of aromatic nitrogens is 3. The molecule has 0 fully saturated rings. The molecular weight excluding hydrogens is 106 g/mol. The maximum atomic E-state index is 3.76. The lowest BCUT2D eigenvalue weighted by molar-refractivity contribution is 0.869. The molecule has 7 heavy (non-hydrogen) atoms. The zero-order chi connectivity index (χ0) is 5.11. The van der Waals surface area contributed by atoms with E-state index in [1.54, 1.807) is 6.20 Å². The van der Waals surface area contributed by atoms with Crippen molar-refractivity contribution in [2.24, 2.45) is 0 Å². The van der Waals surface area contributed by atoms with E-state index in [9.17, 15) is 0 Å². The number of hydrogen-bond donors (Lipinski definition) is 0. The quantitative estimate of drug-likeness (QED) is 0.449. The summed E-state index contributed by atoms with van der Waals surface area (Å²) in [6.45, 7) is 2.16. The van der Waals surface area contributed by atoms with Crippen LogP contribution in [0.1, 0.15) is 0 Å². The van der Waals surface area contributed by atoms with Gasteiger partial charge in [0.15, 0.2) is 9.68 Å². The van der Waals surface area contributed by atoms with E-state index in [0.29, 0.717) is 0 Å². The van der Waals surface area contributed by atoms with E-state index in [1.165, 1.54) is 0 Å². The van der Waals surface area contributed by atoms with Crippen molar-refractivity contribution in [3.8, 4) is 0 Å². The van der Waals surface area contributed by atoms with Crippen molar-refractivity contribution in [3.63, 3.8) is 0 Å². The third-order valence-electron chi connectivity index (χ3n) is 0.796. The van der Waals surface area contributed by atoms with Gasteiger partial charge in [-0.3, -0.25) is 4.35 Å². The Labute approximate surface area is 44.2 Å². The molecule has 4 heteroatoms. The highest BCUT2D eigenvalue weighted by Crippen LogP contribution is 1.70. The van der Waals surface area contributed by atoms with Gasteiger partial charge in [-0.05, 0) is 0 Å². The van der Waals surface area contributed by atoms with Gasteiger partial charge in [0.1, 0.15) is 0 Å². The van der Waals surface area contributed by atoms with Gasteiger partial charge in [0.25, 0.3) is 0 Å². The minimum absolute atomic E-state index is 0.123. The summed E-state index contributed by atoms with van der Waals surface area (Å²) in [4.78, 5) is 0. The lowest BCUT2D eigenvalue weighted by Gasteiger charge is -1.84. The van der Waals surface area contributed by atoms with Gasteiger partial charge >= 0.3 is 0 Å². The van der Waals surface area contributed by atoms with Gasteiger partial charge in [-0.25, -0.2) is 0 Å². The van der Waals surface area contributed by atoms with Gasteiger partial charge in [0.05, 0.1) is 6.20 Å². The van der Waals surface area contributed by atoms with Crippen molar-refractivity contribution >= 4 is 9.68 Å². The van der Waals surface area contributed by atoms with Crippen LogP contribution in [0.3, 0.4) is 0 Å². The van der Waals surface area contributed by atoms with Crippen LogP contribution in [0.5, 0.6) is 0 Å². The molecule has 0 N–H and O–H groups in total. The molecule has 3 nitrogen and oxygen atoms in total. The highest BCUT2D eigenvalue weighted by molar-refractivity contribution is 6.30. The molecule has 0 amide bonds. The lowest BCUT2D eigenvalue weighted by atomic mass is 11.0. The molecule has 0 saturated heterocycles. The molecule has 0 unspecified atom stereocenters. The van der Waals surface area contributed by atoms with Gasteiger partial charge in [0.2, 0.25) is 0 Å². The predicted octanol–water partition coefficient (Wildman–Crippen LogP) is -0.742. The van der Waals surface area contributed by atoms with Crippen molar-refractivity contribution in [3.05, 3.63) is 12.4 Å². The van der Waals surface area contributed by atoms with Gasteiger partial charge in [-0.2, -0.15) is 0 Å². The van der Waals surface area contributed by atoms with Crippen LogP contribution in [0.25, 0.3) is 0 Å². The Kier molecular flexibility index (Phi) is 1.21. The monoisotopic (exact) mass is 113 g/mol. The maximum Gasteiger partial charge on any atom is 0.153 e. The molecule has 0 aromatic carbocycles. The van der Waals surface area contributed by atoms with Crippen molar-refractivity contribution in [1.29, 1.82) is 0 Å². The first kappa shape index (κ1) is 4.51. The fourth-order valence-corrected chi connectivity index (χ4v) is 0.906. The number of rotatable bonds is 1. The average molecular weight is 113 g/mol. The molecule has 0 radical (unpaired) electrons. The van der Waals surface area contributed by atoms with Crippen LogP contribution in [-0.2, 0) is 0 Å². The molecule has 1 rings (SSSR count). The first-order valence-corrected chi connectivity index (χ1v) is 4.32. The summed E-state index contributed by atoms with van der Waals surface area (Å²) in [5, 5.41) is 7.40. The summed E-state index contributed by atoms with van der Waals surface area (Å²) >= 11 is 0. The minimum atomic E-state index is -0.123. The zero-order valence-corrected chi connectivity index (χ0v) is 5.62. The SMILES string of the molecule is C[SiH2]n1ccnn1. The van der Waals surface area contributed by atoms with E-state index in [-0.39, 0.29) is 9.68 Å². The number of hydrogen-bond acceptors (Lipinski definition) is 2. The second-order valence-corrected chi connectivity index (χ2v) is 2.54. The van der Waals surface area contributed by atoms with Gasteiger partial charge < -0.3 is 0 Å². The second kappa shape index (κ2) is 1.88. The second-order valence-electron chi connectivity index (χ2n) is 1.26. The van der Waals surface area contributed by atoms with Gasteiger partial charge in [-0.1, -0.05) is 11.8 Å². The van der Waals surface area contributed by atoms with E-state index < -0.39 is 0 Å². The van der Waals surface area contributed by atoms with E-state index >= 15 is 0 Å². The molecule has 38 valence electrons. The van der Waals surface area contributed by atoms with E-state index in [4.69, 9.17) is 0 Å². The summed E-state index contributed by atoms with van der Waals surface area (Å²) in [6.07, 6.45) is 3.60. The largest absolute Gasteiger partial charge is 0.289 e. The van der Waals surface area contributed by atoms with Crippen LogP contribution in [-0.4, -0.2) is 24.3 Å². The highest BCUT2D eigenvalue weighted by atomic mass is 28.2. The average Bonchev–Trinajstić information content (AvgIpc) is 2.14. The normalized spacial score (nSPS) is 11.0. The highest BCUT2D eigenvalue weighted by Gasteiger charge is 1.79. The molecule has 0 aliphatic rings. The standard InChI is InChI=1S/C3H7N3Si/c1-7-6-3-2-4-5-6/h2-3H,7H2,1H3. The topological polar surface area (TPSA) is 30.7 Å². The Balaban J connectivity index is 2.76. The van der Waals surface area contributed by atoms with E-state index in [1.807, 2.05) is 10.5 Å². The van der Waals surface area contributed by atoms with Crippen LogP contribution in [0, 0.1) is 0 Å².